The summed E-state index contributed by atoms with van der Waals surface area (Å²) in [5.74, 6) is -4.26. The van der Waals surface area contributed by atoms with Crippen molar-refractivity contribution in [2.75, 3.05) is 18.4 Å². The third kappa shape index (κ3) is 3.49. The molecule has 0 spiro atoms. The molecule has 2 amide bonds. The minimum Gasteiger partial charge on any atom is -0.502 e. The van der Waals surface area contributed by atoms with Gasteiger partial charge in [-0.2, -0.15) is 0 Å². The lowest BCUT2D eigenvalue weighted by Crippen LogP contribution is -2.58. The highest BCUT2D eigenvalue weighted by molar-refractivity contribution is 5.99. The molecule has 2 aliphatic heterocycles. The number of aromatic hydroxyl groups is 1. The van der Waals surface area contributed by atoms with E-state index >= 15 is 0 Å². The minimum absolute atomic E-state index is 0.00334. The number of amides is 2. The number of nitrogens with one attached hydrogen (secondary N) is 1. The second-order valence-corrected chi connectivity index (χ2v) is 7.54. The van der Waals surface area contributed by atoms with E-state index < -0.39 is 52.9 Å². The highest BCUT2D eigenvalue weighted by atomic mass is 19.1. The van der Waals surface area contributed by atoms with Crippen LogP contribution >= 0.6 is 0 Å². The maximum absolute atomic E-state index is 13.8. The van der Waals surface area contributed by atoms with Gasteiger partial charge in [-0.1, -0.05) is 18.2 Å². The second kappa shape index (κ2) is 8.06. The number of pyridine rings is 1. The normalized spacial score (nSPS) is 19.6. The van der Waals surface area contributed by atoms with Crippen LogP contribution in [0.4, 0.5) is 13.2 Å². The quantitative estimate of drug-likeness (QED) is 0.690. The first-order chi connectivity index (χ1) is 15.2. The Morgan fingerprint density at radius 2 is 2.00 bits per heavy atom. The van der Waals surface area contributed by atoms with Gasteiger partial charge in [-0.3, -0.25) is 24.1 Å². The Hall–Kier alpha value is -3.76. The van der Waals surface area contributed by atoms with E-state index in [1.165, 1.54) is 15.7 Å². The van der Waals surface area contributed by atoms with Crippen molar-refractivity contribution in [3.63, 3.8) is 0 Å². The van der Waals surface area contributed by atoms with Crippen LogP contribution in [-0.4, -0.2) is 51.9 Å². The molecular weight excluding hydrogens is 429 g/mol. The first-order valence-electron chi connectivity index (χ1n) is 9.75. The van der Waals surface area contributed by atoms with Gasteiger partial charge < -0.3 is 15.3 Å². The topological polar surface area (TPSA) is 94.9 Å². The summed E-state index contributed by atoms with van der Waals surface area (Å²) in [6, 6.07) is 1.64. The molecule has 0 saturated carbocycles. The van der Waals surface area contributed by atoms with Gasteiger partial charge in [-0.05, 0) is 13.0 Å². The SMILES string of the molecule is C[C@@H]1C=C[C@H](CF)N2CN1n1cc(C(=O)NCc3ccc(F)cc3F)c(=O)c(O)c1C2=O. The summed E-state index contributed by atoms with van der Waals surface area (Å²) >= 11 is 0. The molecule has 1 aromatic heterocycles. The number of halogens is 3. The van der Waals surface area contributed by atoms with E-state index in [2.05, 4.69) is 5.32 Å². The van der Waals surface area contributed by atoms with E-state index in [0.717, 1.165) is 18.3 Å². The molecule has 2 atom stereocenters. The predicted molar refractivity (Wildman–Crippen MR) is 108 cm³/mol. The van der Waals surface area contributed by atoms with Crippen LogP contribution in [0.15, 0.2) is 41.3 Å². The van der Waals surface area contributed by atoms with E-state index in [9.17, 15) is 32.7 Å². The van der Waals surface area contributed by atoms with Crippen molar-refractivity contribution in [1.82, 2.24) is 14.9 Å². The molecule has 11 heteroatoms. The zero-order valence-electron chi connectivity index (χ0n) is 16.9. The van der Waals surface area contributed by atoms with Crippen LogP contribution in [0.2, 0.25) is 0 Å². The Morgan fingerprint density at radius 3 is 2.69 bits per heavy atom. The number of fused-ring (bicyclic) bond motifs is 4. The zero-order chi connectivity index (χ0) is 23.2. The molecular formula is C21H19F3N4O4. The molecule has 1 aromatic carbocycles. The highest BCUT2D eigenvalue weighted by Crippen LogP contribution is 2.26. The zero-order valence-corrected chi connectivity index (χ0v) is 16.9. The summed E-state index contributed by atoms with van der Waals surface area (Å²) in [7, 11) is 0. The molecule has 2 aromatic rings. The molecule has 168 valence electrons. The average Bonchev–Trinajstić information content (AvgIpc) is 2.90. The molecule has 0 fully saturated rings. The summed E-state index contributed by atoms with van der Waals surface area (Å²) < 4.78 is 41.5. The summed E-state index contributed by atoms with van der Waals surface area (Å²) in [5.41, 5.74) is -1.95. The maximum Gasteiger partial charge on any atom is 0.278 e. The van der Waals surface area contributed by atoms with Gasteiger partial charge in [0.05, 0.1) is 12.1 Å². The predicted octanol–water partition coefficient (Wildman–Crippen LogP) is 1.41. The third-order valence-electron chi connectivity index (χ3n) is 5.54. The van der Waals surface area contributed by atoms with Gasteiger partial charge in [-0.15, -0.1) is 0 Å². The lowest BCUT2D eigenvalue weighted by atomic mass is 10.1. The van der Waals surface area contributed by atoms with E-state index in [1.807, 2.05) is 0 Å². The van der Waals surface area contributed by atoms with Crippen LogP contribution in [0.25, 0.3) is 0 Å². The van der Waals surface area contributed by atoms with E-state index in [4.69, 9.17) is 0 Å². The van der Waals surface area contributed by atoms with Crippen LogP contribution in [-0.2, 0) is 6.54 Å². The van der Waals surface area contributed by atoms with Crippen LogP contribution in [0.5, 0.6) is 5.75 Å². The van der Waals surface area contributed by atoms with Crippen molar-refractivity contribution >= 4 is 11.8 Å². The van der Waals surface area contributed by atoms with E-state index in [1.54, 1.807) is 18.0 Å². The van der Waals surface area contributed by atoms with E-state index in [-0.39, 0.29) is 30.5 Å². The van der Waals surface area contributed by atoms with Gasteiger partial charge in [0, 0.05) is 24.4 Å². The van der Waals surface area contributed by atoms with Crippen molar-refractivity contribution < 1.29 is 27.9 Å². The standard InChI is InChI=1S/C21H19F3N4O4/c1-11-2-5-14(7-22)26-10-28(11)27-9-15(18(29)19(30)17(27)21(26)32)20(31)25-8-12-3-4-13(23)6-16(12)24/h2-6,9,11,14,30H,7-8,10H2,1H3,(H,25,31)/t11-,14-/m1/s1. The molecule has 2 bridgehead atoms. The van der Waals surface area contributed by atoms with E-state index in [0.29, 0.717) is 6.07 Å². The summed E-state index contributed by atoms with van der Waals surface area (Å²) in [4.78, 5) is 39.4. The number of aromatic nitrogens is 1. The molecule has 0 unspecified atom stereocenters. The first kappa shape index (κ1) is 21.5. The molecule has 32 heavy (non-hydrogen) atoms. The largest absolute Gasteiger partial charge is 0.502 e. The number of carbonyl (C=O) groups is 2. The molecule has 3 heterocycles. The molecule has 2 aliphatic rings. The Kier molecular flexibility index (Phi) is 5.41. The van der Waals surface area contributed by atoms with Crippen LogP contribution < -0.4 is 15.8 Å². The lowest BCUT2D eigenvalue weighted by molar-refractivity contribution is 0.0617. The number of rotatable bonds is 4. The minimum atomic E-state index is -1.10. The smallest absolute Gasteiger partial charge is 0.278 e. The molecule has 2 N–H and O–H groups in total. The summed E-state index contributed by atoms with van der Waals surface area (Å²) in [5, 5.41) is 14.4. The molecule has 0 saturated heterocycles. The van der Waals surface area contributed by atoms with Crippen LogP contribution in [0.3, 0.4) is 0 Å². The van der Waals surface area contributed by atoms with Crippen molar-refractivity contribution in [2.24, 2.45) is 0 Å². The number of nitrogens with zero attached hydrogens (tertiary/aromatic N) is 3. The Morgan fingerprint density at radius 1 is 1.25 bits per heavy atom. The number of benzene rings is 1. The number of carbonyl (C=O) groups excluding carboxylic acids is 2. The molecule has 4 rings (SSSR count). The van der Waals surface area contributed by atoms with Gasteiger partial charge >= 0.3 is 0 Å². The number of hydrogen-bond donors (Lipinski definition) is 2. The van der Waals surface area contributed by atoms with Gasteiger partial charge in [-0.25, -0.2) is 13.2 Å². The highest BCUT2D eigenvalue weighted by Gasteiger charge is 2.39. The van der Waals surface area contributed by atoms with Crippen molar-refractivity contribution in [2.45, 2.75) is 25.6 Å². The molecule has 8 nitrogen and oxygen atoms in total. The third-order valence-corrected chi connectivity index (χ3v) is 5.54. The second-order valence-electron chi connectivity index (χ2n) is 7.54. The van der Waals surface area contributed by atoms with Crippen LogP contribution in [0, 0.1) is 11.6 Å². The van der Waals surface area contributed by atoms with Gasteiger partial charge in [0.1, 0.15) is 30.5 Å². The fraction of sp³-hybridized carbons (Fsp3) is 0.286. The number of hydrogen-bond acceptors (Lipinski definition) is 5. The Labute approximate surface area is 180 Å². The lowest BCUT2D eigenvalue weighted by Gasteiger charge is -2.41. The summed E-state index contributed by atoms with van der Waals surface area (Å²) in [6.45, 7) is 0.564. The van der Waals surface area contributed by atoms with Gasteiger partial charge in [0.2, 0.25) is 5.43 Å². The first-order valence-corrected chi connectivity index (χ1v) is 9.75. The van der Waals surface area contributed by atoms with Crippen molar-refractivity contribution in [3.8, 4) is 5.75 Å². The molecule has 0 aliphatic carbocycles. The maximum atomic E-state index is 13.8. The fourth-order valence-electron chi connectivity index (χ4n) is 3.72. The van der Waals surface area contributed by atoms with Gasteiger partial charge in [0.25, 0.3) is 11.8 Å². The Balaban J connectivity index is 1.70. The average molecular weight is 448 g/mol. The van der Waals surface area contributed by atoms with Crippen molar-refractivity contribution in [3.05, 3.63) is 75.2 Å². The Bertz CT molecular complexity index is 1200. The van der Waals surface area contributed by atoms with Crippen molar-refractivity contribution in [1.29, 1.82) is 0 Å². The summed E-state index contributed by atoms with van der Waals surface area (Å²) in [6.07, 6.45) is 4.33. The molecule has 0 radical (unpaired) electrons. The fourth-order valence-corrected chi connectivity index (χ4v) is 3.72. The van der Waals surface area contributed by atoms with Crippen LogP contribution in [0.1, 0.15) is 33.3 Å². The number of alkyl halides is 1. The van der Waals surface area contributed by atoms with Gasteiger partial charge in [0.15, 0.2) is 11.4 Å². The monoisotopic (exact) mass is 448 g/mol.